The van der Waals surface area contributed by atoms with Gasteiger partial charge in [0.25, 0.3) is 0 Å². The Morgan fingerprint density at radius 2 is 2.00 bits per heavy atom. The first-order valence-electron chi connectivity index (χ1n) is 6.69. The number of anilines is 1. The molecule has 0 bridgehead atoms. The van der Waals surface area contributed by atoms with Crippen molar-refractivity contribution in [3.05, 3.63) is 22.6 Å². The average Bonchev–Trinajstić information content (AvgIpc) is 2.80. The summed E-state index contributed by atoms with van der Waals surface area (Å²) in [5.74, 6) is 1.08. The van der Waals surface area contributed by atoms with E-state index in [1.807, 2.05) is 10.9 Å². The van der Waals surface area contributed by atoms with E-state index in [4.69, 9.17) is 5.73 Å². The maximum absolute atomic E-state index is 6.00. The van der Waals surface area contributed by atoms with Crippen LogP contribution in [0.3, 0.4) is 0 Å². The predicted molar refractivity (Wildman–Crippen MR) is 84.4 cm³/mol. The molecule has 0 unspecified atom stereocenters. The highest BCUT2D eigenvalue weighted by Crippen LogP contribution is 2.32. The van der Waals surface area contributed by atoms with Gasteiger partial charge in [-0.05, 0) is 22.4 Å². The fourth-order valence-corrected chi connectivity index (χ4v) is 2.69. The summed E-state index contributed by atoms with van der Waals surface area (Å²) >= 11 is 3.48. The summed E-state index contributed by atoms with van der Waals surface area (Å²) in [5, 5.41) is 4.31. The molecule has 0 radical (unpaired) electrons. The van der Waals surface area contributed by atoms with Crippen LogP contribution in [0.2, 0.25) is 0 Å². The van der Waals surface area contributed by atoms with Crippen LogP contribution in [0, 0.1) is 0 Å². The highest BCUT2D eigenvalue weighted by molar-refractivity contribution is 9.10. The van der Waals surface area contributed by atoms with Crippen LogP contribution in [0.15, 0.2) is 16.9 Å². The number of aromatic nitrogens is 4. The van der Waals surface area contributed by atoms with Gasteiger partial charge in [-0.2, -0.15) is 5.10 Å². The third kappa shape index (κ3) is 3.00. The Labute approximate surface area is 127 Å². The Kier molecular flexibility index (Phi) is 4.13. The number of halogens is 1. The first-order chi connectivity index (χ1) is 9.32. The van der Waals surface area contributed by atoms with Crippen molar-refractivity contribution in [1.29, 1.82) is 0 Å². The zero-order valence-corrected chi connectivity index (χ0v) is 13.9. The van der Waals surface area contributed by atoms with Gasteiger partial charge in [-0.3, -0.25) is 4.68 Å². The molecule has 0 aromatic carbocycles. The van der Waals surface area contributed by atoms with Gasteiger partial charge in [0.1, 0.15) is 5.82 Å². The number of hydrogen-bond acceptors (Lipinski definition) is 4. The number of rotatable bonds is 3. The van der Waals surface area contributed by atoms with Crippen molar-refractivity contribution in [3.63, 3.8) is 0 Å². The zero-order chi connectivity index (χ0) is 14.9. The first kappa shape index (κ1) is 15.0. The predicted octanol–water partition coefficient (Wildman–Crippen LogP) is 3.39. The smallest absolute Gasteiger partial charge is 0.165 e. The van der Waals surface area contributed by atoms with Crippen molar-refractivity contribution in [1.82, 2.24) is 19.7 Å². The standard InChI is InChI=1S/C14H20BrN5/c1-5-6-20-8-9(7-17-20)13-18-11(14(2,3)4)10(15)12(16)19-13/h7-8H,5-6H2,1-4H3,(H2,16,18,19). The minimum atomic E-state index is -0.107. The maximum atomic E-state index is 6.00. The fourth-order valence-electron chi connectivity index (χ4n) is 1.92. The lowest BCUT2D eigenvalue weighted by Gasteiger charge is -2.20. The maximum Gasteiger partial charge on any atom is 0.165 e. The molecule has 0 aliphatic heterocycles. The highest BCUT2D eigenvalue weighted by Gasteiger charge is 2.23. The summed E-state index contributed by atoms with van der Waals surface area (Å²) in [5.41, 5.74) is 7.69. The lowest BCUT2D eigenvalue weighted by Crippen LogP contribution is -2.17. The largest absolute Gasteiger partial charge is 0.383 e. The van der Waals surface area contributed by atoms with Crippen molar-refractivity contribution in [2.24, 2.45) is 0 Å². The fraction of sp³-hybridized carbons (Fsp3) is 0.500. The molecule has 0 aliphatic rings. The van der Waals surface area contributed by atoms with Crippen LogP contribution in [0.5, 0.6) is 0 Å². The molecule has 20 heavy (non-hydrogen) atoms. The van der Waals surface area contributed by atoms with E-state index in [2.05, 4.69) is 58.7 Å². The van der Waals surface area contributed by atoms with E-state index >= 15 is 0 Å². The molecular formula is C14H20BrN5. The Morgan fingerprint density at radius 1 is 1.30 bits per heavy atom. The van der Waals surface area contributed by atoms with Gasteiger partial charge < -0.3 is 5.73 Å². The van der Waals surface area contributed by atoms with E-state index in [1.54, 1.807) is 6.20 Å². The Bertz CT molecular complexity index is 613. The second-order valence-corrected chi connectivity index (χ2v) is 6.63. The van der Waals surface area contributed by atoms with Crippen molar-refractivity contribution in [2.75, 3.05) is 5.73 Å². The second-order valence-electron chi connectivity index (χ2n) is 5.84. The molecule has 6 heteroatoms. The summed E-state index contributed by atoms with van der Waals surface area (Å²) in [6.07, 6.45) is 4.78. The van der Waals surface area contributed by atoms with Crippen molar-refractivity contribution >= 4 is 21.7 Å². The molecule has 5 nitrogen and oxygen atoms in total. The Morgan fingerprint density at radius 3 is 2.60 bits per heavy atom. The Balaban J connectivity index is 2.49. The number of nitrogens with zero attached hydrogens (tertiary/aromatic N) is 4. The molecule has 2 aromatic heterocycles. The molecule has 0 saturated heterocycles. The highest BCUT2D eigenvalue weighted by atomic mass is 79.9. The summed E-state index contributed by atoms with van der Waals surface area (Å²) in [4.78, 5) is 9.01. The molecule has 0 spiro atoms. The van der Waals surface area contributed by atoms with Crippen LogP contribution in [-0.2, 0) is 12.0 Å². The lowest BCUT2D eigenvalue weighted by molar-refractivity contribution is 0.564. The van der Waals surface area contributed by atoms with E-state index in [0.29, 0.717) is 11.6 Å². The minimum Gasteiger partial charge on any atom is -0.383 e. The van der Waals surface area contributed by atoms with Gasteiger partial charge in [0.2, 0.25) is 0 Å². The van der Waals surface area contributed by atoms with Crippen LogP contribution in [0.4, 0.5) is 5.82 Å². The van der Waals surface area contributed by atoms with Crippen molar-refractivity contribution in [3.8, 4) is 11.4 Å². The third-order valence-corrected chi connectivity index (χ3v) is 3.71. The van der Waals surface area contributed by atoms with Crippen molar-refractivity contribution in [2.45, 2.75) is 46.1 Å². The number of aryl methyl sites for hydroxylation is 1. The molecule has 2 aromatic rings. The van der Waals surface area contributed by atoms with Crippen LogP contribution in [-0.4, -0.2) is 19.7 Å². The number of nitrogen functional groups attached to an aromatic ring is 1. The van der Waals surface area contributed by atoms with Gasteiger partial charge in [-0.15, -0.1) is 0 Å². The minimum absolute atomic E-state index is 0.107. The molecule has 2 heterocycles. The van der Waals surface area contributed by atoms with Gasteiger partial charge >= 0.3 is 0 Å². The van der Waals surface area contributed by atoms with Crippen LogP contribution in [0.1, 0.15) is 39.8 Å². The van der Waals surface area contributed by atoms with Crippen LogP contribution < -0.4 is 5.73 Å². The van der Waals surface area contributed by atoms with Gasteiger partial charge in [-0.25, -0.2) is 9.97 Å². The summed E-state index contributed by atoms with van der Waals surface area (Å²) < 4.78 is 2.67. The molecule has 0 fully saturated rings. The third-order valence-electron chi connectivity index (χ3n) is 2.93. The SMILES string of the molecule is CCCn1cc(-c2nc(N)c(Br)c(C(C)(C)C)n2)cn1. The zero-order valence-electron chi connectivity index (χ0n) is 12.3. The van der Waals surface area contributed by atoms with Gasteiger partial charge in [0.15, 0.2) is 5.82 Å². The monoisotopic (exact) mass is 337 g/mol. The van der Waals surface area contributed by atoms with E-state index in [9.17, 15) is 0 Å². The molecule has 0 aliphatic carbocycles. The van der Waals surface area contributed by atoms with Gasteiger partial charge in [-0.1, -0.05) is 27.7 Å². The average molecular weight is 338 g/mol. The second kappa shape index (κ2) is 5.52. The number of nitrogens with two attached hydrogens (primary N) is 1. The quantitative estimate of drug-likeness (QED) is 0.931. The molecule has 2 rings (SSSR count). The molecule has 0 atom stereocenters. The first-order valence-corrected chi connectivity index (χ1v) is 7.48. The van der Waals surface area contributed by atoms with Gasteiger partial charge in [0, 0.05) is 18.2 Å². The molecule has 108 valence electrons. The molecule has 0 amide bonds. The Hall–Kier alpha value is -1.43. The van der Waals surface area contributed by atoms with Crippen LogP contribution >= 0.6 is 15.9 Å². The van der Waals surface area contributed by atoms with E-state index in [1.165, 1.54) is 0 Å². The summed E-state index contributed by atoms with van der Waals surface area (Å²) in [6.45, 7) is 9.31. The van der Waals surface area contributed by atoms with Gasteiger partial charge in [0.05, 0.1) is 21.9 Å². The molecular weight excluding hydrogens is 318 g/mol. The van der Waals surface area contributed by atoms with E-state index in [-0.39, 0.29) is 5.41 Å². The lowest BCUT2D eigenvalue weighted by atomic mass is 9.92. The summed E-state index contributed by atoms with van der Waals surface area (Å²) in [7, 11) is 0. The van der Waals surface area contributed by atoms with Crippen molar-refractivity contribution < 1.29 is 0 Å². The molecule has 2 N–H and O–H groups in total. The number of hydrogen-bond donors (Lipinski definition) is 1. The van der Waals surface area contributed by atoms with Crippen LogP contribution in [0.25, 0.3) is 11.4 Å². The van der Waals surface area contributed by atoms with E-state index in [0.717, 1.165) is 28.7 Å². The van der Waals surface area contributed by atoms with E-state index < -0.39 is 0 Å². The molecule has 0 saturated carbocycles. The topological polar surface area (TPSA) is 69.6 Å². The normalized spacial score (nSPS) is 11.8. The summed E-state index contributed by atoms with van der Waals surface area (Å²) in [6, 6.07) is 0.